The van der Waals surface area contributed by atoms with Crippen LogP contribution >= 0.6 is 0 Å². The molecule has 12 heteroatoms. The third-order valence-corrected chi connectivity index (χ3v) is 8.38. The molecule has 42 heavy (non-hydrogen) atoms. The Kier molecular flexibility index (Phi) is 8.50. The highest BCUT2D eigenvalue weighted by Crippen LogP contribution is 2.41. The van der Waals surface area contributed by atoms with E-state index < -0.39 is 20.2 Å². The summed E-state index contributed by atoms with van der Waals surface area (Å²) in [6.07, 6.45) is 5.57. The van der Waals surface area contributed by atoms with E-state index in [1.807, 2.05) is 83.1 Å². The van der Waals surface area contributed by atoms with Crippen LogP contribution in [-0.4, -0.2) is 44.0 Å². The number of benzene rings is 3. The first-order valence-corrected chi connectivity index (χ1v) is 16.6. The van der Waals surface area contributed by atoms with Gasteiger partial charge in [-0.25, -0.2) is 0 Å². The Morgan fingerprint density at radius 2 is 1.62 bits per heavy atom. The Morgan fingerprint density at radius 1 is 0.881 bits per heavy atom. The van der Waals surface area contributed by atoms with E-state index in [9.17, 15) is 21.4 Å². The molecule has 2 N–H and O–H groups in total. The minimum atomic E-state index is -4.12. The molecule has 1 aromatic heterocycles. The summed E-state index contributed by atoms with van der Waals surface area (Å²) in [6.45, 7) is 2.53. The SMILES string of the molecule is Cc1ccc2c(c1)oc(C=CC=C1Oc3ccc(-c4ccccc4)cc3N1CCCS(=O)(=O)O)[n+]2CCCS(=O)(=O)O. The molecule has 0 unspecified atom stereocenters. The summed E-state index contributed by atoms with van der Waals surface area (Å²) in [4.78, 5) is 1.86. The summed E-state index contributed by atoms with van der Waals surface area (Å²) in [5, 5.41) is 0. The quantitative estimate of drug-likeness (QED) is 0.177. The molecule has 3 aromatic carbocycles. The van der Waals surface area contributed by atoms with Crippen molar-refractivity contribution in [1.82, 2.24) is 0 Å². The topological polar surface area (TPSA) is 138 Å². The van der Waals surface area contributed by atoms with Crippen LogP contribution in [0.2, 0.25) is 0 Å². The van der Waals surface area contributed by atoms with E-state index in [0.29, 0.717) is 29.7 Å². The predicted octanol–water partition coefficient (Wildman–Crippen LogP) is 5.01. The van der Waals surface area contributed by atoms with Crippen LogP contribution in [0.15, 0.2) is 89.2 Å². The molecule has 0 bridgehead atoms. The fourth-order valence-corrected chi connectivity index (χ4v) is 5.84. The Labute approximate surface area is 244 Å². The highest BCUT2D eigenvalue weighted by atomic mass is 32.2. The van der Waals surface area contributed by atoms with Crippen molar-refractivity contribution >= 4 is 43.1 Å². The van der Waals surface area contributed by atoms with Crippen LogP contribution in [0.5, 0.6) is 5.75 Å². The molecule has 0 saturated carbocycles. The first-order valence-electron chi connectivity index (χ1n) is 13.3. The maximum Gasteiger partial charge on any atom is 0.374 e. The molecule has 0 amide bonds. The molecule has 4 aromatic rings. The summed E-state index contributed by atoms with van der Waals surface area (Å²) in [5.74, 6) is 0.791. The van der Waals surface area contributed by atoms with Crippen molar-refractivity contribution in [2.75, 3.05) is 23.0 Å². The molecule has 0 spiro atoms. The van der Waals surface area contributed by atoms with Crippen molar-refractivity contribution in [2.45, 2.75) is 26.3 Å². The lowest BCUT2D eigenvalue weighted by Gasteiger charge is -2.18. The molecule has 0 fully saturated rings. The van der Waals surface area contributed by atoms with E-state index in [2.05, 4.69) is 0 Å². The van der Waals surface area contributed by atoms with Crippen LogP contribution in [0, 0.1) is 6.92 Å². The maximum absolute atomic E-state index is 11.4. The molecule has 220 valence electrons. The van der Waals surface area contributed by atoms with Crippen molar-refractivity contribution in [3.8, 4) is 16.9 Å². The first kappa shape index (κ1) is 29.5. The number of hydrogen-bond acceptors (Lipinski definition) is 7. The number of allylic oxidation sites excluding steroid dienone is 2. The molecule has 0 saturated heterocycles. The third kappa shape index (κ3) is 7.26. The van der Waals surface area contributed by atoms with Gasteiger partial charge in [-0.1, -0.05) is 42.5 Å². The number of aromatic nitrogens is 1. The fourth-order valence-electron chi connectivity index (χ4n) is 4.86. The molecule has 1 aliphatic rings. The van der Waals surface area contributed by atoms with Crippen molar-refractivity contribution in [2.24, 2.45) is 0 Å². The van der Waals surface area contributed by atoms with Crippen LogP contribution in [0.3, 0.4) is 0 Å². The zero-order valence-corrected chi connectivity index (χ0v) is 24.5. The number of aryl methyl sites for hydroxylation is 2. The van der Waals surface area contributed by atoms with E-state index in [0.717, 1.165) is 27.9 Å². The van der Waals surface area contributed by atoms with Crippen LogP contribution in [-0.2, 0) is 26.8 Å². The summed E-state index contributed by atoms with van der Waals surface area (Å²) in [5.41, 5.74) is 5.19. The zero-order chi connectivity index (χ0) is 29.9. The van der Waals surface area contributed by atoms with E-state index in [-0.39, 0.29) is 30.9 Å². The second kappa shape index (κ2) is 12.1. The normalized spacial score (nSPS) is 14.6. The summed E-state index contributed by atoms with van der Waals surface area (Å²) >= 11 is 0. The van der Waals surface area contributed by atoms with Crippen LogP contribution in [0.4, 0.5) is 5.69 Å². The van der Waals surface area contributed by atoms with Crippen molar-refractivity contribution in [3.05, 3.63) is 96.2 Å². The minimum absolute atomic E-state index is 0.176. The second-order valence-corrected chi connectivity index (χ2v) is 13.2. The van der Waals surface area contributed by atoms with E-state index in [4.69, 9.17) is 13.7 Å². The molecule has 0 aliphatic carbocycles. The van der Waals surface area contributed by atoms with Gasteiger partial charge in [-0.05, 0) is 60.4 Å². The lowest BCUT2D eigenvalue weighted by molar-refractivity contribution is -0.677. The van der Waals surface area contributed by atoms with Gasteiger partial charge in [0.1, 0.15) is 0 Å². The molecule has 1 aliphatic heterocycles. The van der Waals surface area contributed by atoms with Gasteiger partial charge in [0.2, 0.25) is 11.5 Å². The number of anilines is 1. The maximum atomic E-state index is 11.4. The fraction of sp³-hybridized carbons (Fsp3) is 0.233. The highest BCUT2D eigenvalue weighted by molar-refractivity contribution is 7.86. The van der Waals surface area contributed by atoms with Gasteiger partial charge >= 0.3 is 5.89 Å². The summed E-state index contributed by atoms with van der Waals surface area (Å²) in [7, 11) is -8.22. The monoisotopic (exact) mass is 611 g/mol. The van der Waals surface area contributed by atoms with Gasteiger partial charge in [0.25, 0.3) is 25.8 Å². The molecule has 0 radical (unpaired) electrons. The number of hydrogen-bond donors (Lipinski definition) is 2. The standard InChI is InChI=1S/C30H30N2O8S2/c1-22-12-14-25-28(20-22)40-29(31(25)16-6-18-41(33,34)35)10-5-11-30-32(17-7-19-42(36,37)38)26-21-24(13-15-27(26)39-30)23-8-3-2-4-9-23/h2-5,8-15,20-21H,6-7,16-19H2,1H3,(H-,33,34,35,36,37,38)/p+1. The average Bonchev–Trinajstić information content (AvgIpc) is 3.44. The Morgan fingerprint density at radius 3 is 2.36 bits per heavy atom. The summed E-state index contributed by atoms with van der Waals surface area (Å²) in [6, 6.07) is 21.4. The van der Waals surface area contributed by atoms with E-state index in [1.54, 1.807) is 18.2 Å². The lowest BCUT2D eigenvalue weighted by atomic mass is 10.0. The van der Waals surface area contributed by atoms with Gasteiger partial charge in [0.15, 0.2) is 12.3 Å². The Bertz CT molecular complexity index is 1880. The zero-order valence-electron chi connectivity index (χ0n) is 22.9. The number of ether oxygens (including phenoxy) is 1. The van der Waals surface area contributed by atoms with Crippen molar-refractivity contribution in [3.63, 3.8) is 0 Å². The van der Waals surface area contributed by atoms with Gasteiger partial charge in [0, 0.05) is 19.0 Å². The third-order valence-electron chi connectivity index (χ3n) is 6.77. The number of rotatable bonds is 11. The molecule has 10 nitrogen and oxygen atoms in total. The molecule has 5 rings (SSSR count). The van der Waals surface area contributed by atoms with Crippen LogP contribution in [0.25, 0.3) is 28.3 Å². The lowest BCUT2D eigenvalue weighted by Crippen LogP contribution is -2.36. The molecule has 2 heterocycles. The van der Waals surface area contributed by atoms with Crippen LogP contribution in [0.1, 0.15) is 24.3 Å². The van der Waals surface area contributed by atoms with Gasteiger partial charge in [-0.2, -0.15) is 21.4 Å². The van der Waals surface area contributed by atoms with Gasteiger partial charge in [0.05, 0.1) is 23.3 Å². The van der Waals surface area contributed by atoms with Crippen LogP contribution < -0.4 is 14.2 Å². The highest BCUT2D eigenvalue weighted by Gasteiger charge is 2.27. The van der Waals surface area contributed by atoms with Gasteiger partial charge in [-0.3, -0.25) is 9.11 Å². The number of oxazole rings is 1. The second-order valence-electron chi connectivity index (χ2n) is 10.0. The molecular weight excluding hydrogens is 580 g/mol. The Balaban J connectivity index is 1.45. The van der Waals surface area contributed by atoms with Crippen molar-refractivity contribution < 1.29 is 39.7 Å². The number of fused-ring (bicyclic) bond motifs is 2. The minimum Gasteiger partial charge on any atom is -0.439 e. The van der Waals surface area contributed by atoms with E-state index >= 15 is 0 Å². The Hall–Kier alpha value is -3.97. The van der Waals surface area contributed by atoms with Crippen molar-refractivity contribution in [1.29, 1.82) is 0 Å². The van der Waals surface area contributed by atoms with Gasteiger partial charge in [-0.15, -0.1) is 0 Å². The first-order chi connectivity index (χ1) is 20.0. The number of nitrogens with zero attached hydrogens (tertiary/aromatic N) is 2. The largest absolute Gasteiger partial charge is 0.439 e. The smallest absolute Gasteiger partial charge is 0.374 e. The molecule has 0 atom stereocenters. The van der Waals surface area contributed by atoms with Gasteiger partial charge < -0.3 is 14.1 Å². The molecular formula is C30H31N2O8S2+. The summed E-state index contributed by atoms with van der Waals surface area (Å²) < 4.78 is 77.7. The average molecular weight is 612 g/mol. The predicted molar refractivity (Wildman–Crippen MR) is 160 cm³/mol. The van der Waals surface area contributed by atoms with E-state index in [1.165, 1.54) is 0 Å².